The summed E-state index contributed by atoms with van der Waals surface area (Å²) in [6, 6.07) is 1.68. The summed E-state index contributed by atoms with van der Waals surface area (Å²) < 4.78 is 41.0. The summed E-state index contributed by atoms with van der Waals surface area (Å²) in [4.78, 5) is 20.8. The smallest absolute Gasteiger partial charge is 0.367 e. The van der Waals surface area contributed by atoms with E-state index in [1.165, 1.54) is 0 Å². The number of pyridine rings is 1. The monoisotopic (exact) mass is 427 g/mol. The third-order valence-corrected chi connectivity index (χ3v) is 5.79. The van der Waals surface area contributed by atoms with Gasteiger partial charge in [0.1, 0.15) is 17.1 Å². The Balaban J connectivity index is 2.25. The van der Waals surface area contributed by atoms with Crippen molar-refractivity contribution < 1.29 is 18.0 Å². The fourth-order valence-electron chi connectivity index (χ4n) is 3.94. The van der Waals surface area contributed by atoms with Crippen LogP contribution in [-0.2, 0) is 11.0 Å². The first-order valence-electron chi connectivity index (χ1n) is 9.14. The Bertz CT molecular complexity index is 1020. The molecule has 0 aliphatic carbocycles. The highest BCUT2D eigenvalue weighted by Crippen LogP contribution is 2.45. The molecule has 0 saturated carbocycles. The van der Waals surface area contributed by atoms with Crippen molar-refractivity contribution in [1.82, 2.24) is 15.3 Å². The largest absolute Gasteiger partial charge is 0.434 e. The lowest BCUT2D eigenvalue weighted by Crippen LogP contribution is -2.38. The summed E-state index contributed by atoms with van der Waals surface area (Å²) in [5.74, 6) is -0.612. The van der Waals surface area contributed by atoms with E-state index in [0.717, 1.165) is 0 Å². The standard InChI is InChI=1S/C19H21ClF3N5O/c1-5-25-17(29)11-7-28(8-18(11,3)4)15-10(6-24)16(19(21,22)23)27-13-12(20)9(2)26-14(13)15/h11,26H,5,7-8H2,1-4H3,(H,25,29)/t11-/m0/s1. The van der Waals surface area contributed by atoms with E-state index in [1.807, 2.05) is 13.8 Å². The van der Waals surface area contributed by atoms with Crippen molar-refractivity contribution in [3.05, 3.63) is 22.0 Å². The first-order chi connectivity index (χ1) is 13.4. The number of aryl methyl sites for hydroxylation is 1. The van der Waals surface area contributed by atoms with Gasteiger partial charge >= 0.3 is 6.18 Å². The summed E-state index contributed by atoms with van der Waals surface area (Å²) in [5, 5.41) is 12.5. The molecule has 6 nitrogen and oxygen atoms in total. The summed E-state index contributed by atoms with van der Waals surface area (Å²) in [7, 11) is 0. The molecule has 29 heavy (non-hydrogen) atoms. The summed E-state index contributed by atoms with van der Waals surface area (Å²) >= 11 is 6.19. The fourth-order valence-corrected chi connectivity index (χ4v) is 4.12. The Morgan fingerprint density at radius 3 is 2.69 bits per heavy atom. The highest BCUT2D eigenvalue weighted by Gasteiger charge is 2.46. The third kappa shape index (κ3) is 3.50. The molecule has 3 rings (SSSR count). The van der Waals surface area contributed by atoms with Crippen molar-refractivity contribution in [2.45, 2.75) is 33.9 Å². The number of anilines is 1. The second-order valence-electron chi connectivity index (χ2n) is 7.90. The fraction of sp³-hybridized carbons (Fsp3) is 0.526. The molecule has 0 radical (unpaired) electrons. The minimum Gasteiger partial charge on any atom is -0.367 e. The van der Waals surface area contributed by atoms with E-state index in [2.05, 4.69) is 15.3 Å². The molecule has 3 heterocycles. The van der Waals surface area contributed by atoms with Crippen LogP contribution in [0.1, 0.15) is 37.7 Å². The zero-order valence-electron chi connectivity index (χ0n) is 16.5. The van der Waals surface area contributed by atoms with Gasteiger partial charge in [-0.05, 0) is 19.3 Å². The maximum absolute atomic E-state index is 13.7. The van der Waals surface area contributed by atoms with E-state index >= 15 is 0 Å². The van der Waals surface area contributed by atoms with Crippen molar-refractivity contribution in [2.75, 3.05) is 24.5 Å². The molecule has 1 amide bonds. The summed E-state index contributed by atoms with van der Waals surface area (Å²) in [5.41, 5.74) is -1.59. The number of alkyl halides is 3. The van der Waals surface area contributed by atoms with Crippen LogP contribution in [0.3, 0.4) is 0 Å². The van der Waals surface area contributed by atoms with Gasteiger partial charge in [-0.15, -0.1) is 0 Å². The van der Waals surface area contributed by atoms with Crippen LogP contribution in [0.5, 0.6) is 0 Å². The number of H-pyrrole nitrogens is 1. The number of nitrogens with zero attached hydrogens (tertiary/aromatic N) is 3. The number of fused-ring (bicyclic) bond motifs is 1. The molecule has 2 aromatic heterocycles. The molecule has 0 aromatic carbocycles. The van der Waals surface area contributed by atoms with Crippen LogP contribution in [0.25, 0.3) is 11.0 Å². The number of aromatic amines is 1. The van der Waals surface area contributed by atoms with Crippen molar-refractivity contribution in [3.63, 3.8) is 0 Å². The third-order valence-electron chi connectivity index (χ3n) is 5.33. The van der Waals surface area contributed by atoms with E-state index < -0.39 is 28.8 Å². The van der Waals surface area contributed by atoms with Gasteiger partial charge in [0.15, 0.2) is 5.69 Å². The number of halogens is 4. The number of rotatable bonds is 3. The molecule has 1 saturated heterocycles. The van der Waals surface area contributed by atoms with Crippen LogP contribution in [0, 0.1) is 29.6 Å². The Labute approximate surface area is 171 Å². The number of nitriles is 1. The van der Waals surface area contributed by atoms with Crippen LogP contribution >= 0.6 is 11.6 Å². The van der Waals surface area contributed by atoms with Gasteiger partial charge in [0.25, 0.3) is 0 Å². The minimum absolute atomic E-state index is 0.0373. The molecule has 0 bridgehead atoms. The van der Waals surface area contributed by atoms with Crippen LogP contribution in [0.2, 0.25) is 5.02 Å². The lowest BCUT2D eigenvalue weighted by molar-refractivity contribution is -0.141. The maximum atomic E-state index is 13.7. The van der Waals surface area contributed by atoms with Gasteiger partial charge in [0.2, 0.25) is 5.91 Å². The molecular formula is C19H21ClF3N5O. The molecule has 0 spiro atoms. The number of hydrogen-bond donors (Lipinski definition) is 2. The van der Waals surface area contributed by atoms with E-state index in [0.29, 0.717) is 18.8 Å². The topological polar surface area (TPSA) is 84.8 Å². The molecule has 10 heteroatoms. The van der Waals surface area contributed by atoms with Crippen LogP contribution in [-0.4, -0.2) is 35.5 Å². The zero-order chi connectivity index (χ0) is 21.7. The lowest BCUT2D eigenvalue weighted by atomic mass is 9.81. The van der Waals surface area contributed by atoms with Crippen LogP contribution < -0.4 is 10.2 Å². The number of amides is 1. The van der Waals surface area contributed by atoms with Gasteiger partial charge in [0.05, 0.1) is 22.1 Å². The first kappa shape index (κ1) is 21.2. The van der Waals surface area contributed by atoms with E-state index in [4.69, 9.17) is 11.6 Å². The Kier molecular flexibility index (Phi) is 5.20. The van der Waals surface area contributed by atoms with Crippen molar-refractivity contribution in [2.24, 2.45) is 11.3 Å². The normalized spacial score (nSPS) is 18.9. The predicted octanol–water partition coefficient (Wildman–Crippen LogP) is 4.01. The molecule has 2 N–H and O–H groups in total. The zero-order valence-corrected chi connectivity index (χ0v) is 17.2. The molecule has 1 aliphatic heterocycles. The molecule has 2 aromatic rings. The number of nitrogens with one attached hydrogen (secondary N) is 2. The molecule has 0 unspecified atom stereocenters. The predicted molar refractivity (Wildman–Crippen MR) is 104 cm³/mol. The summed E-state index contributed by atoms with van der Waals surface area (Å²) in [6.07, 6.45) is -4.82. The van der Waals surface area contributed by atoms with Gasteiger partial charge in [-0.3, -0.25) is 4.79 Å². The van der Waals surface area contributed by atoms with E-state index in [-0.39, 0.29) is 34.2 Å². The Morgan fingerprint density at radius 2 is 2.14 bits per heavy atom. The molecule has 1 aliphatic rings. The SMILES string of the molecule is CCNC(=O)[C@@H]1CN(c2c(C#N)c(C(F)(F)F)nc3c(Cl)c(C)[nH]c23)CC1(C)C. The number of carbonyl (C=O) groups is 1. The number of carbonyl (C=O) groups excluding carboxylic acids is 1. The van der Waals surface area contributed by atoms with Crippen LogP contribution in [0.15, 0.2) is 0 Å². The Morgan fingerprint density at radius 1 is 1.48 bits per heavy atom. The van der Waals surface area contributed by atoms with Gasteiger partial charge in [0, 0.05) is 25.3 Å². The highest BCUT2D eigenvalue weighted by atomic mass is 35.5. The van der Waals surface area contributed by atoms with Crippen LogP contribution in [0.4, 0.5) is 18.9 Å². The van der Waals surface area contributed by atoms with Crippen molar-refractivity contribution in [1.29, 1.82) is 5.26 Å². The molecule has 1 fully saturated rings. The van der Waals surface area contributed by atoms with E-state index in [1.54, 1.807) is 24.8 Å². The first-order valence-corrected chi connectivity index (χ1v) is 9.51. The van der Waals surface area contributed by atoms with Crippen molar-refractivity contribution >= 4 is 34.2 Å². The van der Waals surface area contributed by atoms with Gasteiger partial charge < -0.3 is 15.2 Å². The van der Waals surface area contributed by atoms with Gasteiger partial charge in [-0.25, -0.2) is 4.98 Å². The highest BCUT2D eigenvalue weighted by molar-refractivity contribution is 6.36. The number of aromatic nitrogens is 2. The second-order valence-corrected chi connectivity index (χ2v) is 8.28. The summed E-state index contributed by atoms with van der Waals surface area (Å²) in [6.45, 7) is 8.13. The van der Waals surface area contributed by atoms with Gasteiger partial charge in [-0.2, -0.15) is 18.4 Å². The molecular weight excluding hydrogens is 407 g/mol. The molecule has 1 atom stereocenters. The average molecular weight is 428 g/mol. The second kappa shape index (κ2) is 7.10. The minimum atomic E-state index is -4.82. The van der Waals surface area contributed by atoms with E-state index in [9.17, 15) is 23.2 Å². The van der Waals surface area contributed by atoms with Crippen molar-refractivity contribution in [3.8, 4) is 6.07 Å². The lowest BCUT2D eigenvalue weighted by Gasteiger charge is -2.25. The maximum Gasteiger partial charge on any atom is 0.434 e. The Hall–Kier alpha value is -2.47. The number of hydrogen-bond acceptors (Lipinski definition) is 4. The quantitative estimate of drug-likeness (QED) is 0.775. The average Bonchev–Trinajstić information content (AvgIpc) is 3.08. The molecule has 156 valence electrons. The van der Waals surface area contributed by atoms with Gasteiger partial charge in [-0.1, -0.05) is 25.4 Å².